The Morgan fingerprint density at radius 2 is 1.42 bits per heavy atom. The molecule has 0 fully saturated rings. The van der Waals surface area contributed by atoms with Crippen molar-refractivity contribution in [2.75, 3.05) is 18.3 Å². The summed E-state index contributed by atoms with van der Waals surface area (Å²) in [6.45, 7) is 6.00. The summed E-state index contributed by atoms with van der Waals surface area (Å²) in [4.78, 5) is 29.8. The van der Waals surface area contributed by atoms with E-state index in [1.807, 2.05) is 0 Å². The van der Waals surface area contributed by atoms with Gasteiger partial charge in [0.25, 0.3) is 0 Å². The lowest BCUT2D eigenvalue weighted by atomic mass is 10.4. The van der Waals surface area contributed by atoms with E-state index in [0.717, 1.165) is 6.29 Å². The maximum atomic E-state index is 10.6. The molecule has 0 aromatic heterocycles. The van der Waals surface area contributed by atoms with Gasteiger partial charge in [0, 0.05) is 23.3 Å². The van der Waals surface area contributed by atoms with E-state index in [9.17, 15) is 18.0 Å². The Hall–Kier alpha value is -0.950. The van der Waals surface area contributed by atoms with Gasteiger partial charge in [-0.05, 0) is 27.7 Å². The largest absolute Gasteiger partial charge is 0.304 e. The molecule has 0 rings (SSSR count). The summed E-state index contributed by atoms with van der Waals surface area (Å²) in [5, 5.41) is 0. The van der Waals surface area contributed by atoms with Gasteiger partial charge in [0.2, 0.25) is 0 Å². The summed E-state index contributed by atoms with van der Waals surface area (Å²) in [5.41, 5.74) is 0. The molecule has 2 unspecified atom stereocenters. The van der Waals surface area contributed by atoms with Crippen molar-refractivity contribution in [2.45, 2.75) is 27.7 Å². The molecule has 0 radical (unpaired) electrons. The number of Topliss-reactive ketones (excluding diaryl/α,β-unsaturated/α-hetero) is 2. The molecule has 0 aliphatic carbocycles. The second kappa shape index (κ2) is 15.1. The number of hydrogen-bond acceptors (Lipinski definition) is 5. The maximum absolute atomic E-state index is 10.6. The number of hydrogen-bond donors (Lipinski definition) is 0. The first kappa shape index (κ1) is 23.2. The molecule has 112 valence electrons. The number of rotatable bonds is 4. The van der Waals surface area contributed by atoms with Crippen molar-refractivity contribution in [2.24, 2.45) is 0 Å². The minimum atomic E-state index is -1.12. The SMILES string of the molecule is C/C=C(\C(C)=O)S(C)=O.CC(=O)CS(C)=O.CC=O. The summed E-state index contributed by atoms with van der Waals surface area (Å²) in [7, 11) is -2.07. The van der Waals surface area contributed by atoms with Gasteiger partial charge in [-0.2, -0.15) is 0 Å². The van der Waals surface area contributed by atoms with Crippen LogP contribution < -0.4 is 0 Å². The quantitative estimate of drug-likeness (QED) is 0.571. The number of carbonyl (C=O) groups excluding carboxylic acids is 3. The predicted octanol–water partition coefficient (Wildman–Crippen LogP) is 1.02. The highest BCUT2D eigenvalue weighted by Crippen LogP contribution is 1.99. The average Bonchev–Trinajstić information content (AvgIpc) is 2.16. The van der Waals surface area contributed by atoms with E-state index in [4.69, 9.17) is 4.79 Å². The molecular weight excluding hydrogens is 288 g/mol. The van der Waals surface area contributed by atoms with Crippen LogP contribution in [0, 0.1) is 0 Å². The lowest BCUT2D eigenvalue weighted by Crippen LogP contribution is -2.03. The molecule has 0 saturated heterocycles. The predicted molar refractivity (Wildman–Crippen MR) is 79.9 cm³/mol. The summed E-state index contributed by atoms with van der Waals surface area (Å²) in [6.07, 6.45) is 5.34. The van der Waals surface area contributed by atoms with E-state index in [2.05, 4.69) is 0 Å². The third kappa shape index (κ3) is 22.7. The Kier molecular flexibility index (Phi) is 18.4. The smallest absolute Gasteiger partial charge is 0.168 e. The lowest BCUT2D eigenvalue weighted by molar-refractivity contribution is -0.115. The van der Waals surface area contributed by atoms with Crippen molar-refractivity contribution < 1.29 is 22.8 Å². The molecule has 19 heavy (non-hydrogen) atoms. The van der Waals surface area contributed by atoms with Crippen LogP contribution >= 0.6 is 0 Å². The second-order valence-electron chi connectivity index (χ2n) is 3.32. The van der Waals surface area contributed by atoms with Gasteiger partial charge in [0.1, 0.15) is 12.1 Å². The molecule has 0 aromatic carbocycles. The summed E-state index contributed by atoms with van der Waals surface area (Å²) >= 11 is 0. The highest BCUT2D eigenvalue weighted by atomic mass is 32.2. The minimum Gasteiger partial charge on any atom is -0.304 e. The zero-order chi connectivity index (χ0) is 16.0. The monoisotopic (exact) mass is 310 g/mol. The van der Waals surface area contributed by atoms with E-state index in [1.54, 1.807) is 13.0 Å². The van der Waals surface area contributed by atoms with Gasteiger partial charge in [0.15, 0.2) is 5.78 Å². The molecule has 2 atom stereocenters. The van der Waals surface area contributed by atoms with Gasteiger partial charge >= 0.3 is 0 Å². The molecule has 0 aliphatic heterocycles. The van der Waals surface area contributed by atoms with Gasteiger partial charge in [0.05, 0.1) is 21.5 Å². The topological polar surface area (TPSA) is 85.3 Å². The van der Waals surface area contributed by atoms with Crippen molar-refractivity contribution in [3.63, 3.8) is 0 Å². The van der Waals surface area contributed by atoms with Gasteiger partial charge in [-0.25, -0.2) is 0 Å². The normalized spacial score (nSPS) is 12.8. The van der Waals surface area contributed by atoms with Gasteiger partial charge in [-0.1, -0.05) is 6.08 Å². The Labute approximate surface area is 119 Å². The molecule has 0 saturated carbocycles. The fourth-order valence-electron chi connectivity index (χ4n) is 0.858. The van der Waals surface area contributed by atoms with Crippen LogP contribution in [0.2, 0.25) is 0 Å². The Morgan fingerprint density at radius 3 is 1.42 bits per heavy atom. The summed E-state index contributed by atoms with van der Waals surface area (Å²) < 4.78 is 20.8. The Balaban J connectivity index is -0.000000228. The number of aldehydes is 1. The van der Waals surface area contributed by atoms with Crippen LogP contribution in [0.25, 0.3) is 0 Å². The molecule has 0 N–H and O–H groups in total. The highest BCUT2D eigenvalue weighted by molar-refractivity contribution is 7.89. The molecule has 5 nitrogen and oxygen atoms in total. The van der Waals surface area contributed by atoms with Crippen molar-refractivity contribution in [3.05, 3.63) is 11.0 Å². The van der Waals surface area contributed by atoms with Crippen LogP contribution in [-0.2, 0) is 36.0 Å². The second-order valence-corrected chi connectivity index (χ2v) is 6.10. The lowest BCUT2D eigenvalue weighted by Gasteiger charge is -1.93. The van der Waals surface area contributed by atoms with Gasteiger partial charge in [-0.3, -0.25) is 18.0 Å². The van der Waals surface area contributed by atoms with Crippen molar-refractivity contribution in [1.82, 2.24) is 0 Å². The molecule has 0 amide bonds. The van der Waals surface area contributed by atoms with Crippen LogP contribution in [0.4, 0.5) is 0 Å². The van der Waals surface area contributed by atoms with Crippen LogP contribution in [-0.4, -0.2) is 44.5 Å². The molecule has 0 heterocycles. The number of ketones is 2. The first-order valence-corrected chi connectivity index (χ1v) is 8.62. The third-order valence-electron chi connectivity index (χ3n) is 1.33. The van der Waals surface area contributed by atoms with E-state index >= 15 is 0 Å². The summed E-state index contributed by atoms with van der Waals surface area (Å²) in [5.74, 6) is 0.0687. The molecule has 0 bridgehead atoms. The van der Waals surface area contributed by atoms with E-state index in [0.29, 0.717) is 4.91 Å². The summed E-state index contributed by atoms with van der Waals surface area (Å²) in [6, 6.07) is 0. The highest BCUT2D eigenvalue weighted by Gasteiger charge is 2.04. The van der Waals surface area contributed by atoms with E-state index < -0.39 is 21.6 Å². The molecule has 7 heteroatoms. The first-order chi connectivity index (χ1) is 8.63. The van der Waals surface area contributed by atoms with Gasteiger partial charge in [-0.15, -0.1) is 0 Å². The first-order valence-electron chi connectivity index (χ1n) is 5.33. The standard InChI is InChI=1S/C6H10O2S.C4H8O2S.C2H4O/c1-4-6(5(2)7)9(3)8;1-4(5)3-7(2)6;1-2-3/h4H,1-3H3;3H2,1-2H3;2H,1H3/b6-4+;;. The Morgan fingerprint density at radius 1 is 1.05 bits per heavy atom. The van der Waals surface area contributed by atoms with E-state index in [-0.39, 0.29) is 17.3 Å². The number of carbonyl (C=O) groups is 3. The van der Waals surface area contributed by atoms with Crippen molar-refractivity contribution >= 4 is 39.5 Å². The van der Waals surface area contributed by atoms with Crippen LogP contribution in [0.3, 0.4) is 0 Å². The van der Waals surface area contributed by atoms with Crippen LogP contribution in [0.1, 0.15) is 27.7 Å². The third-order valence-corrected chi connectivity index (χ3v) is 3.28. The van der Waals surface area contributed by atoms with Crippen molar-refractivity contribution in [1.29, 1.82) is 0 Å². The van der Waals surface area contributed by atoms with Crippen molar-refractivity contribution in [3.8, 4) is 0 Å². The maximum Gasteiger partial charge on any atom is 0.168 e. The Bertz CT molecular complexity index is 344. The van der Waals surface area contributed by atoms with Gasteiger partial charge < -0.3 is 4.79 Å². The average molecular weight is 310 g/mol. The van der Waals surface area contributed by atoms with Crippen LogP contribution in [0.5, 0.6) is 0 Å². The minimum absolute atomic E-state index is 0.0131. The zero-order valence-corrected chi connectivity index (χ0v) is 13.9. The fraction of sp³-hybridized carbons (Fsp3) is 0.583. The fourth-order valence-corrected chi connectivity index (χ4v) is 2.17. The zero-order valence-electron chi connectivity index (χ0n) is 12.2. The molecule has 0 spiro atoms. The van der Waals surface area contributed by atoms with E-state index in [1.165, 1.54) is 33.3 Å². The number of allylic oxidation sites excluding steroid dienone is 2. The molecule has 0 aromatic rings. The molecular formula is C12H22O5S2. The molecule has 0 aliphatic rings. The van der Waals surface area contributed by atoms with Crippen LogP contribution in [0.15, 0.2) is 11.0 Å².